The van der Waals surface area contributed by atoms with Gasteiger partial charge in [-0.1, -0.05) is 0 Å². The third kappa shape index (κ3) is 4.03. The Morgan fingerprint density at radius 2 is 2.24 bits per heavy atom. The molecule has 2 atom stereocenters. The van der Waals surface area contributed by atoms with E-state index < -0.39 is 22.7 Å². The Hall–Kier alpha value is -1.63. The first-order valence-electron chi connectivity index (χ1n) is 4.83. The molecule has 1 heterocycles. The van der Waals surface area contributed by atoms with Gasteiger partial charge in [0.1, 0.15) is 6.26 Å². The zero-order chi connectivity index (χ0) is 13.0. The Bertz CT molecular complexity index is 453. The van der Waals surface area contributed by atoms with E-state index in [1.165, 1.54) is 6.26 Å². The van der Waals surface area contributed by atoms with Crippen molar-refractivity contribution in [2.24, 2.45) is 0 Å². The molecule has 1 aromatic rings. The average Bonchev–Trinajstić information content (AvgIpc) is 2.64. The lowest BCUT2D eigenvalue weighted by Crippen LogP contribution is -2.35. The normalized spacial score (nSPS) is 14.0. The summed E-state index contributed by atoms with van der Waals surface area (Å²) in [6.07, 6.45) is 2.54. The number of nitrogens with one attached hydrogen (secondary N) is 1. The van der Waals surface area contributed by atoms with E-state index >= 15 is 0 Å². The Kier molecular flexibility index (Phi) is 4.45. The van der Waals surface area contributed by atoms with Crippen LogP contribution in [-0.2, 0) is 10.8 Å². The van der Waals surface area contributed by atoms with Crippen molar-refractivity contribution in [3.63, 3.8) is 0 Å². The van der Waals surface area contributed by atoms with Gasteiger partial charge >= 0.3 is 5.97 Å². The molecule has 0 aromatic carbocycles. The zero-order valence-electron chi connectivity index (χ0n) is 9.43. The minimum absolute atomic E-state index is 0.0730. The topological polar surface area (TPSA) is 96.6 Å². The molecule has 0 saturated heterocycles. The lowest BCUT2D eigenvalue weighted by Gasteiger charge is -2.10. The number of hydrogen-bond donors (Lipinski definition) is 2. The molecule has 1 amide bonds. The van der Waals surface area contributed by atoms with E-state index in [-0.39, 0.29) is 17.4 Å². The van der Waals surface area contributed by atoms with Crippen LogP contribution in [0.1, 0.15) is 27.8 Å². The molecule has 7 heteroatoms. The largest absolute Gasteiger partial charge is 0.478 e. The van der Waals surface area contributed by atoms with Crippen LogP contribution in [0.5, 0.6) is 0 Å². The molecule has 94 valence electrons. The van der Waals surface area contributed by atoms with E-state index in [4.69, 9.17) is 9.52 Å². The quantitative estimate of drug-likeness (QED) is 0.801. The molecule has 2 unspecified atom stereocenters. The number of hydrogen-bond acceptors (Lipinski definition) is 4. The third-order valence-corrected chi connectivity index (χ3v) is 2.90. The van der Waals surface area contributed by atoms with Gasteiger partial charge < -0.3 is 14.8 Å². The fourth-order valence-electron chi connectivity index (χ4n) is 1.26. The van der Waals surface area contributed by atoms with Gasteiger partial charge in [-0.2, -0.15) is 0 Å². The highest BCUT2D eigenvalue weighted by Gasteiger charge is 2.16. The summed E-state index contributed by atoms with van der Waals surface area (Å²) < 4.78 is 15.7. The van der Waals surface area contributed by atoms with Crippen molar-refractivity contribution < 1.29 is 23.3 Å². The molecule has 0 bridgehead atoms. The van der Waals surface area contributed by atoms with Gasteiger partial charge in [-0.15, -0.1) is 0 Å². The van der Waals surface area contributed by atoms with Gasteiger partial charge in [-0.25, -0.2) is 4.79 Å². The maximum Gasteiger partial charge on any atom is 0.338 e. The summed E-state index contributed by atoms with van der Waals surface area (Å²) in [6.45, 7) is 1.71. The molecule has 1 aromatic heterocycles. The fourth-order valence-corrected chi connectivity index (χ4v) is 2.04. The van der Waals surface area contributed by atoms with Gasteiger partial charge in [0.15, 0.2) is 5.76 Å². The molecule has 0 saturated carbocycles. The highest BCUT2D eigenvalue weighted by Crippen LogP contribution is 2.07. The van der Waals surface area contributed by atoms with Crippen molar-refractivity contribution in [3.05, 3.63) is 23.7 Å². The molecular formula is C10H13NO5S. The second-order valence-electron chi connectivity index (χ2n) is 3.62. The lowest BCUT2D eigenvalue weighted by molar-refractivity contribution is 0.0695. The van der Waals surface area contributed by atoms with Crippen molar-refractivity contribution in [2.45, 2.75) is 13.0 Å². The van der Waals surface area contributed by atoms with Crippen LogP contribution in [0.2, 0.25) is 0 Å². The first-order chi connectivity index (χ1) is 7.90. The molecule has 17 heavy (non-hydrogen) atoms. The molecule has 0 spiro atoms. The number of aromatic carboxylic acids is 1. The first-order valence-corrected chi connectivity index (χ1v) is 6.55. The van der Waals surface area contributed by atoms with E-state index in [1.54, 1.807) is 6.92 Å². The highest BCUT2D eigenvalue weighted by molar-refractivity contribution is 7.84. The summed E-state index contributed by atoms with van der Waals surface area (Å²) in [5.41, 5.74) is -0.0816. The Morgan fingerprint density at radius 3 is 2.71 bits per heavy atom. The number of carbonyl (C=O) groups excluding carboxylic acids is 1. The van der Waals surface area contributed by atoms with Gasteiger partial charge in [0, 0.05) is 34.9 Å². The SMILES string of the molecule is CC(CS(C)=O)NC(=O)c1cc(C(=O)O)co1. The molecular weight excluding hydrogens is 246 g/mol. The predicted octanol–water partition coefficient (Wildman–Crippen LogP) is 0.475. The van der Waals surface area contributed by atoms with Crippen LogP contribution in [-0.4, -0.2) is 39.2 Å². The second-order valence-corrected chi connectivity index (χ2v) is 5.10. The number of carbonyl (C=O) groups is 2. The lowest BCUT2D eigenvalue weighted by atomic mass is 10.3. The Balaban J connectivity index is 2.63. The van der Waals surface area contributed by atoms with Crippen LogP contribution in [0.25, 0.3) is 0 Å². The monoisotopic (exact) mass is 259 g/mol. The van der Waals surface area contributed by atoms with Gasteiger partial charge in [0.2, 0.25) is 0 Å². The zero-order valence-corrected chi connectivity index (χ0v) is 10.2. The Morgan fingerprint density at radius 1 is 1.59 bits per heavy atom. The maximum absolute atomic E-state index is 11.6. The van der Waals surface area contributed by atoms with Gasteiger partial charge in [0.05, 0.1) is 5.56 Å². The first kappa shape index (κ1) is 13.4. The minimum Gasteiger partial charge on any atom is -0.478 e. The van der Waals surface area contributed by atoms with Crippen molar-refractivity contribution in [3.8, 4) is 0 Å². The van der Waals surface area contributed by atoms with Gasteiger partial charge in [0.25, 0.3) is 5.91 Å². The van der Waals surface area contributed by atoms with Crippen LogP contribution >= 0.6 is 0 Å². The summed E-state index contributed by atoms with van der Waals surface area (Å²) >= 11 is 0. The standard InChI is InChI=1S/C10H13NO5S/c1-6(5-17(2)15)11-9(12)8-3-7(4-16-8)10(13)14/h3-4,6H,5H2,1-2H3,(H,11,12)(H,13,14). The van der Waals surface area contributed by atoms with Gasteiger partial charge in [-0.3, -0.25) is 9.00 Å². The summed E-state index contributed by atoms with van der Waals surface area (Å²) in [5.74, 6) is -1.42. The van der Waals surface area contributed by atoms with E-state index in [0.29, 0.717) is 5.75 Å². The average molecular weight is 259 g/mol. The third-order valence-electron chi connectivity index (χ3n) is 1.93. The van der Waals surface area contributed by atoms with Crippen LogP contribution in [0.4, 0.5) is 0 Å². The second kappa shape index (κ2) is 5.62. The molecule has 0 aliphatic heterocycles. The minimum atomic E-state index is -1.16. The van der Waals surface area contributed by atoms with Crippen molar-refractivity contribution in [1.82, 2.24) is 5.32 Å². The Labute approximate surface area is 100 Å². The highest BCUT2D eigenvalue weighted by atomic mass is 32.2. The predicted molar refractivity (Wildman–Crippen MR) is 61.5 cm³/mol. The van der Waals surface area contributed by atoms with E-state index in [2.05, 4.69) is 5.32 Å². The smallest absolute Gasteiger partial charge is 0.338 e. The van der Waals surface area contributed by atoms with Crippen molar-refractivity contribution in [2.75, 3.05) is 12.0 Å². The van der Waals surface area contributed by atoms with E-state index in [9.17, 15) is 13.8 Å². The number of carboxylic acids is 1. The van der Waals surface area contributed by atoms with E-state index in [0.717, 1.165) is 12.3 Å². The number of carboxylic acid groups (broad SMARTS) is 1. The summed E-state index contributed by atoms with van der Waals surface area (Å²) in [6, 6.07) is 0.875. The molecule has 0 fully saturated rings. The molecule has 0 radical (unpaired) electrons. The fraction of sp³-hybridized carbons (Fsp3) is 0.400. The van der Waals surface area contributed by atoms with Crippen LogP contribution in [0.3, 0.4) is 0 Å². The maximum atomic E-state index is 11.6. The van der Waals surface area contributed by atoms with Crippen LogP contribution in [0, 0.1) is 0 Å². The summed E-state index contributed by atoms with van der Waals surface area (Å²) in [5, 5.41) is 11.2. The summed E-state index contributed by atoms with van der Waals surface area (Å²) in [7, 11) is -1.01. The van der Waals surface area contributed by atoms with E-state index in [1.807, 2.05) is 0 Å². The molecule has 2 N–H and O–H groups in total. The molecule has 0 aliphatic carbocycles. The number of furan rings is 1. The van der Waals surface area contributed by atoms with Crippen molar-refractivity contribution in [1.29, 1.82) is 0 Å². The van der Waals surface area contributed by atoms with Crippen LogP contribution in [0.15, 0.2) is 16.7 Å². The molecule has 1 rings (SSSR count). The van der Waals surface area contributed by atoms with Crippen molar-refractivity contribution >= 4 is 22.7 Å². The molecule has 0 aliphatic rings. The number of rotatable bonds is 5. The van der Waals surface area contributed by atoms with Crippen LogP contribution < -0.4 is 5.32 Å². The number of amides is 1. The van der Waals surface area contributed by atoms with Gasteiger partial charge in [-0.05, 0) is 6.92 Å². The molecule has 6 nitrogen and oxygen atoms in total. The summed E-state index contributed by atoms with van der Waals surface area (Å²) in [4.78, 5) is 22.1.